The zero-order chi connectivity index (χ0) is 25.6. The number of rotatable bonds is 4. The number of nitriles is 1. The molecule has 1 aliphatic heterocycles. The number of amides is 1. The van der Waals surface area contributed by atoms with Crippen LogP contribution in [-0.2, 0) is 4.79 Å². The molecule has 1 fully saturated rings. The first-order valence-electron chi connectivity index (χ1n) is 11.6. The smallest absolute Gasteiger partial charge is 0.254 e. The van der Waals surface area contributed by atoms with Crippen LogP contribution in [0.3, 0.4) is 0 Å². The minimum absolute atomic E-state index is 0.0865. The van der Waals surface area contributed by atoms with Gasteiger partial charge in [-0.3, -0.25) is 9.36 Å². The van der Waals surface area contributed by atoms with Crippen LogP contribution in [0.2, 0.25) is 0 Å². The molecule has 5 rings (SSSR count). The third-order valence-corrected chi connectivity index (χ3v) is 6.43. The topological polar surface area (TPSA) is 137 Å². The van der Waals surface area contributed by atoms with Crippen molar-refractivity contribution >= 4 is 22.8 Å². The second-order valence-electron chi connectivity index (χ2n) is 9.57. The fraction of sp³-hybridized carbons (Fsp3) is 0.360. The van der Waals surface area contributed by atoms with Gasteiger partial charge in [-0.1, -0.05) is 5.16 Å². The normalized spacial score (nSPS) is 18.4. The maximum atomic E-state index is 12.8. The van der Waals surface area contributed by atoms with Crippen LogP contribution in [0.1, 0.15) is 33.3 Å². The second kappa shape index (κ2) is 8.73. The van der Waals surface area contributed by atoms with Crippen molar-refractivity contribution in [3.05, 3.63) is 48.7 Å². The number of hydrogen-bond donors (Lipinski definition) is 1. The average Bonchev–Trinajstić information content (AvgIpc) is 3.52. The number of nitrogens with zero attached hydrogens (tertiary/aromatic N) is 8. The monoisotopic (exact) mass is 486 g/mol. The Balaban J connectivity index is 1.64. The lowest BCUT2D eigenvalue weighted by molar-refractivity contribution is -0.151. The molecule has 11 nitrogen and oxygen atoms in total. The maximum absolute atomic E-state index is 12.8. The van der Waals surface area contributed by atoms with Crippen molar-refractivity contribution in [2.24, 2.45) is 0 Å². The van der Waals surface area contributed by atoms with Gasteiger partial charge in [-0.25, -0.2) is 15.0 Å². The van der Waals surface area contributed by atoms with Gasteiger partial charge < -0.3 is 19.4 Å². The summed E-state index contributed by atoms with van der Waals surface area (Å²) in [6.45, 7) is 7.94. The molecular formula is C25H26N8O3. The molecule has 4 aromatic heterocycles. The minimum atomic E-state index is -1.44. The van der Waals surface area contributed by atoms with Gasteiger partial charge in [0.2, 0.25) is 0 Å². The first-order chi connectivity index (χ1) is 17.2. The molecule has 1 amide bonds. The van der Waals surface area contributed by atoms with Gasteiger partial charge in [0, 0.05) is 43.6 Å². The summed E-state index contributed by atoms with van der Waals surface area (Å²) in [6.07, 6.45) is 6.51. The predicted octanol–water partition coefficient (Wildman–Crippen LogP) is 2.54. The van der Waals surface area contributed by atoms with Crippen molar-refractivity contribution in [1.82, 2.24) is 29.6 Å². The summed E-state index contributed by atoms with van der Waals surface area (Å²) in [5, 5.41) is 24.3. The van der Waals surface area contributed by atoms with Gasteiger partial charge in [0.15, 0.2) is 11.4 Å². The van der Waals surface area contributed by atoms with E-state index in [0.29, 0.717) is 41.7 Å². The number of hydrogen-bond acceptors (Lipinski definition) is 9. The number of carbonyl (C=O) groups is 1. The number of carbonyl (C=O) groups excluding carboxylic acids is 1. The molecule has 0 saturated carbocycles. The summed E-state index contributed by atoms with van der Waals surface area (Å²) in [4.78, 5) is 30.4. The van der Waals surface area contributed by atoms with Crippen molar-refractivity contribution in [3.8, 4) is 23.2 Å². The molecule has 4 aromatic rings. The molecule has 5 heterocycles. The average molecular weight is 487 g/mol. The molecule has 0 radical (unpaired) electrons. The Hall–Kier alpha value is -4.30. The van der Waals surface area contributed by atoms with Crippen molar-refractivity contribution in [1.29, 1.82) is 5.26 Å². The summed E-state index contributed by atoms with van der Waals surface area (Å²) < 4.78 is 7.31. The van der Waals surface area contributed by atoms with Crippen molar-refractivity contribution < 1.29 is 14.4 Å². The lowest BCUT2D eigenvalue weighted by atomic mass is 10.0. The van der Waals surface area contributed by atoms with Gasteiger partial charge in [-0.2, -0.15) is 5.26 Å². The van der Waals surface area contributed by atoms with Crippen LogP contribution in [0, 0.1) is 11.3 Å². The fourth-order valence-corrected chi connectivity index (χ4v) is 4.66. The van der Waals surface area contributed by atoms with E-state index < -0.39 is 5.60 Å². The molecule has 1 N–H and O–H groups in total. The molecule has 1 saturated heterocycles. The van der Waals surface area contributed by atoms with Gasteiger partial charge in [-0.15, -0.1) is 0 Å². The van der Waals surface area contributed by atoms with Crippen LogP contribution in [0.15, 0.2) is 47.6 Å². The molecule has 184 valence electrons. The molecular weight excluding hydrogens is 460 g/mol. The molecule has 0 spiro atoms. The molecule has 36 heavy (non-hydrogen) atoms. The molecule has 0 bridgehead atoms. The first kappa shape index (κ1) is 23.4. The van der Waals surface area contributed by atoms with E-state index in [2.05, 4.69) is 31.1 Å². The van der Waals surface area contributed by atoms with Crippen LogP contribution in [0.4, 0.5) is 5.82 Å². The van der Waals surface area contributed by atoms with E-state index in [0.717, 1.165) is 10.9 Å². The predicted molar refractivity (Wildman–Crippen MR) is 131 cm³/mol. The maximum Gasteiger partial charge on any atom is 0.254 e. The zero-order valence-electron chi connectivity index (χ0n) is 20.5. The number of aliphatic hydroxyl groups is 1. The second-order valence-corrected chi connectivity index (χ2v) is 9.57. The third-order valence-electron chi connectivity index (χ3n) is 6.43. The first-order valence-corrected chi connectivity index (χ1v) is 11.6. The van der Waals surface area contributed by atoms with E-state index in [1.165, 1.54) is 20.2 Å². The van der Waals surface area contributed by atoms with E-state index >= 15 is 0 Å². The largest absolute Gasteiger partial charge is 0.381 e. The Morgan fingerprint density at radius 1 is 1.17 bits per heavy atom. The van der Waals surface area contributed by atoms with Crippen molar-refractivity contribution in [2.45, 2.75) is 45.4 Å². The van der Waals surface area contributed by atoms with E-state index in [-0.39, 0.29) is 18.0 Å². The standard InChI is InChI=1S/C25H26N8O3/c1-15-12-32(24(34)25(3,4)35)16(2)11-31(15)22-21-18(19-6-8-30-36-19)13-33(23(21)29-14-28-22)20-9-17(10-26)5-7-27-20/h5-9,13-16,35H,11-12H2,1-4H3/t15-,16+/m0/s1. The molecule has 1 aliphatic rings. The Bertz CT molecular complexity index is 1460. The Morgan fingerprint density at radius 2 is 1.97 bits per heavy atom. The molecule has 0 unspecified atom stereocenters. The minimum Gasteiger partial charge on any atom is -0.381 e. The summed E-state index contributed by atoms with van der Waals surface area (Å²) in [5.41, 5.74) is 0.369. The highest BCUT2D eigenvalue weighted by atomic mass is 16.5. The SMILES string of the molecule is C[C@@H]1CN(c2ncnc3c2c(-c2ccno2)cn3-c2cc(C#N)ccn2)[C@@H](C)CN1C(=O)C(C)(C)O. The molecule has 2 atom stereocenters. The lowest BCUT2D eigenvalue weighted by Gasteiger charge is -2.46. The third kappa shape index (κ3) is 3.95. The summed E-state index contributed by atoms with van der Waals surface area (Å²) in [5.74, 6) is 1.47. The summed E-state index contributed by atoms with van der Waals surface area (Å²) in [6, 6.07) is 7.00. The van der Waals surface area contributed by atoms with Crippen LogP contribution >= 0.6 is 0 Å². The summed E-state index contributed by atoms with van der Waals surface area (Å²) in [7, 11) is 0. The van der Waals surface area contributed by atoms with Crippen molar-refractivity contribution in [2.75, 3.05) is 18.0 Å². The Kier molecular flexibility index (Phi) is 5.68. The zero-order valence-corrected chi connectivity index (χ0v) is 20.5. The number of piperazine rings is 1. The Morgan fingerprint density at radius 3 is 2.67 bits per heavy atom. The van der Waals surface area contributed by atoms with Gasteiger partial charge >= 0.3 is 0 Å². The lowest BCUT2D eigenvalue weighted by Crippen LogP contribution is -2.61. The number of aromatic nitrogens is 5. The van der Waals surface area contributed by atoms with Gasteiger partial charge in [0.1, 0.15) is 23.6 Å². The van der Waals surface area contributed by atoms with E-state index in [4.69, 9.17) is 4.52 Å². The quantitative estimate of drug-likeness (QED) is 0.461. The van der Waals surface area contributed by atoms with Crippen molar-refractivity contribution in [3.63, 3.8) is 0 Å². The van der Waals surface area contributed by atoms with Gasteiger partial charge in [-0.05, 0) is 39.8 Å². The highest BCUT2D eigenvalue weighted by Gasteiger charge is 2.39. The van der Waals surface area contributed by atoms with E-state index in [9.17, 15) is 15.2 Å². The summed E-state index contributed by atoms with van der Waals surface area (Å²) >= 11 is 0. The van der Waals surface area contributed by atoms with Gasteiger partial charge in [0.25, 0.3) is 5.91 Å². The molecule has 0 aromatic carbocycles. The molecule has 11 heteroatoms. The van der Waals surface area contributed by atoms with E-state index in [1.807, 2.05) is 20.0 Å². The highest BCUT2D eigenvalue weighted by Crippen LogP contribution is 2.38. The van der Waals surface area contributed by atoms with Crippen LogP contribution in [0.5, 0.6) is 0 Å². The van der Waals surface area contributed by atoms with Crippen LogP contribution < -0.4 is 4.90 Å². The van der Waals surface area contributed by atoms with Crippen LogP contribution in [-0.4, -0.2) is 71.4 Å². The molecule has 0 aliphatic carbocycles. The number of pyridine rings is 1. The van der Waals surface area contributed by atoms with E-state index in [1.54, 1.807) is 40.1 Å². The van der Waals surface area contributed by atoms with Gasteiger partial charge in [0.05, 0.1) is 28.8 Å². The number of fused-ring (bicyclic) bond motifs is 1. The highest BCUT2D eigenvalue weighted by molar-refractivity contribution is 6.01. The van der Waals surface area contributed by atoms with Crippen LogP contribution in [0.25, 0.3) is 28.2 Å². The fourth-order valence-electron chi connectivity index (χ4n) is 4.66. The number of anilines is 1. The Labute approximate surface area is 207 Å².